The topological polar surface area (TPSA) is 98.4 Å². The Balaban J connectivity index is 0.00000210. The van der Waals surface area contributed by atoms with Gasteiger partial charge in [-0.05, 0) is 45.7 Å². The molecule has 1 unspecified atom stereocenters. The van der Waals surface area contributed by atoms with Crippen molar-refractivity contribution in [2.75, 3.05) is 13.1 Å². The van der Waals surface area contributed by atoms with Crippen molar-refractivity contribution in [2.45, 2.75) is 39.7 Å². The highest BCUT2D eigenvalue weighted by atomic mass is 35.5. The van der Waals surface area contributed by atoms with Gasteiger partial charge in [-0.3, -0.25) is 4.79 Å². The van der Waals surface area contributed by atoms with E-state index < -0.39 is 0 Å². The lowest BCUT2D eigenvalue weighted by Crippen LogP contribution is -2.40. The summed E-state index contributed by atoms with van der Waals surface area (Å²) in [7, 11) is 0. The van der Waals surface area contributed by atoms with Gasteiger partial charge in [0.15, 0.2) is 0 Å². The second-order valence-corrected chi connectivity index (χ2v) is 6.86. The van der Waals surface area contributed by atoms with Crippen molar-refractivity contribution >= 4 is 29.4 Å². The molecule has 7 nitrogen and oxygen atoms in total. The molecule has 1 saturated heterocycles. The van der Waals surface area contributed by atoms with Gasteiger partial charge >= 0.3 is 0 Å². The number of hydrogen-bond acceptors (Lipinski definition) is 6. The standard InChI is InChI=1S/C19H22N4O3.ClH/c1-10-7-14(12(3)25-10)16-8-15(17-11(2)22-26-18(17)21-16)19(24)23-6-4-5-13(23)9-20;/h7-8,13H,4-6,9,20H2,1-3H3;1H. The van der Waals surface area contributed by atoms with Crippen LogP contribution in [0.5, 0.6) is 0 Å². The number of fused-ring (bicyclic) bond motifs is 1. The number of amides is 1. The van der Waals surface area contributed by atoms with E-state index in [1.165, 1.54) is 0 Å². The van der Waals surface area contributed by atoms with Crippen LogP contribution < -0.4 is 5.73 Å². The lowest BCUT2D eigenvalue weighted by Gasteiger charge is -2.24. The third-order valence-electron chi connectivity index (χ3n) is 5.07. The van der Waals surface area contributed by atoms with E-state index in [1.807, 2.05) is 37.8 Å². The number of carbonyl (C=O) groups is 1. The molecule has 1 aliphatic rings. The molecular formula is C19H23ClN4O3. The number of rotatable bonds is 3. The normalized spacial score (nSPS) is 16.7. The molecule has 3 aromatic heterocycles. The summed E-state index contributed by atoms with van der Waals surface area (Å²) in [4.78, 5) is 19.7. The number of nitrogens with zero attached hydrogens (tertiary/aromatic N) is 3. The first-order valence-corrected chi connectivity index (χ1v) is 8.85. The van der Waals surface area contributed by atoms with Gasteiger partial charge in [-0.25, -0.2) is 4.98 Å². The fraction of sp³-hybridized carbons (Fsp3) is 0.421. The smallest absolute Gasteiger partial charge is 0.259 e. The number of furan rings is 1. The van der Waals surface area contributed by atoms with Crippen molar-refractivity contribution in [3.8, 4) is 11.3 Å². The number of hydrogen-bond donors (Lipinski definition) is 1. The van der Waals surface area contributed by atoms with Gasteiger partial charge in [-0.15, -0.1) is 12.4 Å². The average molecular weight is 391 g/mol. The highest BCUT2D eigenvalue weighted by Gasteiger charge is 2.31. The maximum atomic E-state index is 13.3. The van der Waals surface area contributed by atoms with E-state index in [2.05, 4.69) is 10.1 Å². The number of nitrogens with two attached hydrogens (primary N) is 1. The summed E-state index contributed by atoms with van der Waals surface area (Å²) < 4.78 is 11.0. The SMILES string of the molecule is Cc1cc(-c2cc(C(=O)N3CCCC3CN)c3c(C)noc3n2)c(C)o1.Cl. The van der Waals surface area contributed by atoms with Crippen molar-refractivity contribution in [1.29, 1.82) is 0 Å². The van der Waals surface area contributed by atoms with E-state index >= 15 is 0 Å². The second-order valence-electron chi connectivity index (χ2n) is 6.86. The predicted molar refractivity (Wildman–Crippen MR) is 104 cm³/mol. The minimum Gasteiger partial charge on any atom is -0.466 e. The molecule has 144 valence electrons. The van der Waals surface area contributed by atoms with Crippen molar-refractivity contribution in [2.24, 2.45) is 5.73 Å². The number of halogens is 1. The van der Waals surface area contributed by atoms with E-state index in [1.54, 1.807) is 0 Å². The van der Waals surface area contributed by atoms with Gasteiger partial charge in [0.05, 0.1) is 22.3 Å². The molecule has 1 fully saturated rings. The Hall–Kier alpha value is -2.38. The summed E-state index contributed by atoms with van der Waals surface area (Å²) >= 11 is 0. The van der Waals surface area contributed by atoms with E-state index in [-0.39, 0.29) is 24.4 Å². The molecule has 2 N–H and O–H groups in total. The summed E-state index contributed by atoms with van der Waals surface area (Å²) in [6, 6.07) is 3.81. The molecule has 0 aromatic carbocycles. The molecule has 0 radical (unpaired) electrons. The molecular weight excluding hydrogens is 368 g/mol. The van der Waals surface area contributed by atoms with Crippen LogP contribution in [0.4, 0.5) is 0 Å². The molecule has 0 bridgehead atoms. The third kappa shape index (κ3) is 3.21. The Bertz CT molecular complexity index is 994. The monoisotopic (exact) mass is 390 g/mol. The van der Waals surface area contributed by atoms with Crippen molar-refractivity contribution in [3.63, 3.8) is 0 Å². The van der Waals surface area contributed by atoms with Crippen LogP contribution in [0.3, 0.4) is 0 Å². The highest BCUT2D eigenvalue weighted by molar-refractivity contribution is 6.07. The van der Waals surface area contributed by atoms with E-state index in [4.69, 9.17) is 14.7 Å². The first kappa shape index (κ1) is 19.4. The predicted octanol–water partition coefficient (Wildman–Crippen LogP) is 3.39. The van der Waals surface area contributed by atoms with Crippen molar-refractivity contribution in [1.82, 2.24) is 15.0 Å². The summed E-state index contributed by atoms with van der Waals surface area (Å²) in [5.41, 5.74) is 8.94. The molecule has 4 heterocycles. The first-order chi connectivity index (χ1) is 12.5. The van der Waals surface area contributed by atoms with Crippen LogP contribution in [0, 0.1) is 20.8 Å². The fourth-order valence-electron chi connectivity index (χ4n) is 3.79. The molecule has 1 atom stereocenters. The fourth-order valence-corrected chi connectivity index (χ4v) is 3.79. The van der Waals surface area contributed by atoms with Crippen LogP contribution in [0.2, 0.25) is 0 Å². The Labute approximate surface area is 163 Å². The Morgan fingerprint density at radius 1 is 1.33 bits per heavy atom. The quantitative estimate of drug-likeness (QED) is 0.735. The third-order valence-corrected chi connectivity index (χ3v) is 5.07. The summed E-state index contributed by atoms with van der Waals surface area (Å²) in [6.45, 7) is 6.77. The Morgan fingerprint density at radius 3 is 2.78 bits per heavy atom. The maximum absolute atomic E-state index is 13.3. The number of aryl methyl sites for hydroxylation is 3. The second kappa shape index (κ2) is 7.32. The molecule has 8 heteroatoms. The Kier molecular flexibility index (Phi) is 5.26. The summed E-state index contributed by atoms with van der Waals surface area (Å²) in [5.74, 6) is 1.50. The average Bonchev–Trinajstić information content (AvgIpc) is 3.32. The first-order valence-electron chi connectivity index (χ1n) is 8.85. The summed E-state index contributed by atoms with van der Waals surface area (Å²) in [5, 5.41) is 4.68. The number of likely N-dealkylation sites (tertiary alicyclic amines) is 1. The van der Waals surface area contributed by atoms with Crippen LogP contribution in [0.25, 0.3) is 22.4 Å². The molecule has 0 aliphatic carbocycles. The largest absolute Gasteiger partial charge is 0.466 e. The zero-order valence-corrected chi connectivity index (χ0v) is 16.4. The van der Waals surface area contributed by atoms with Crippen LogP contribution in [-0.2, 0) is 0 Å². The zero-order chi connectivity index (χ0) is 18.4. The number of pyridine rings is 1. The van der Waals surface area contributed by atoms with Gasteiger partial charge < -0.3 is 19.6 Å². The summed E-state index contributed by atoms with van der Waals surface area (Å²) in [6.07, 6.45) is 1.91. The molecule has 0 saturated carbocycles. The molecule has 4 rings (SSSR count). The number of carbonyl (C=O) groups excluding carboxylic acids is 1. The van der Waals surface area contributed by atoms with E-state index in [9.17, 15) is 4.79 Å². The van der Waals surface area contributed by atoms with Gasteiger partial charge in [-0.2, -0.15) is 0 Å². The van der Waals surface area contributed by atoms with Crippen molar-refractivity contribution in [3.05, 3.63) is 34.9 Å². The molecule has 3 aromatic rings. The lowest BCUT2D eigenvalue weighted by molar-refractivity contribution is 0.0743. The minimum absolute atomic E-state index is 0. The van der Waals surface area contributed by atoms with Gasteiger partial charge in [0.2, 0.25) is 0 Å². The Morgan fingerprint density at radius 2 is 2.11 bits per heavy atom. The lowest BCUT2D eigenvalue weighted by atomic mass is 10.0. The van der Waals surface area contributed by atoms with Gasteiger partial charge in [0, 0.05) is 24.7 Å². The van der Waals surface area contributed by atoms with Gasteiger partial charge in [0.1, 0.15) is 11.5 Å². The van der Waals surface area contributed by atoms with Crippen molar-refractivity contribution < 1.29 is 13.7 Å². The van der Waals surface area contributed by atoms with E-state index in [0.29, 0.717) is 41.1 Å². The van der Waals surface area contributed by atoms with Gasteiger partial charge in [-0.1, -0.05) is 5.16 Å². The highest BCUT2D eigenvalue weighted by Crippen LogP contribution is 2.32. The van der Waals surface area contributed by atoms with Crippen LogP contribution in [0.15, 0.2) is 21.1 Å². The van der Waals surface area contributed by atoms with Crippen LogP contribution in [-0.4, -0.2) is 40.1 Å². The van der Waals surface area contributed by atoms with Crippen LogP contribution >= 0.6 is 12.4 Å². The zero-order valence-electron chi connectivity index (χ0n) is 15.6. The maximum Gasteiger partial charge on any atom is 0.259 e. The van der Waals surface area contributed by atoms with Gasteiger partial charge in [0.25, 0.3) is 11.6 Å². The molecule has 27 heavy (non-hydrogen) atoms. The molecule has 1 amide bonds. The molecule has 0 spiro atoms. The van der Waals surface area contributed by atoms with Crippen LogP contribution in [0.1, 0.15) is 40.4 Å². The minimum atomic E-state index is -0.0456. The number of aromatic nitrogens is 2. The molecule has 1 aliphatic heterocycles. The van der Waals surface area contributed by atoms with E-state index in [0.717, 1.165) is 29.9 Å².